The van der Waals surface area contributed by atoms with E-state index < -0.39 is 0 Å². The molecule has 3 rings (SSSR count). The van der Waals surface area contributed by atoms with Gasteiger partial charge in [0.1, 0.15) is 12.0 Å². The van der Waals surface area contributed by atoms with Crippen LogP contribution in [0.25, 0.3) is 22.8 Å². The monoisotopic (exact) mass is 256 g/mol. The first-order chi connectivity index (χ1) is 8.84. The molecule has 0 amide bonds. The third kappa shape index (κ3) is 2.00. The van der Waals surface area contributed by atoms with Gasteiger partial charge in [0.05, 0.1) is 16.3 Å². The van der Waals surface area contributed by atoms with Gasteiger partial charge in [-0.3, -0.25) is 4.98 Å². The van der Waals surface area contributed by atoms with Crippen molar-refractivity contribution in [3.05, 3.63) is 59.9 Å². The topological polar surface area (TPSA) is 38.9 Å². The number of oxazole rings is 1. The smallest absolute Gasteiger partial charge is 0.228 e. The van der Waals surface area contributed by atoms with E-state index in [1.54, 1.807) is 12.5 Å². The van der Waals surface area contributed by atoms with Crippen molar-refractivity contribution in [2.75, 3.05) is 0 Å². The van der Waals surface area contributed by atoms with Crippen LogP contribution in [0.2, 0.25) is 5.02 Å². The molecule has 0 spiro atoms. The van der Waals surface area contributed by atoms with Crippen molar-refractivity contribution in [2.45, 2.75) is 0 Å². The van der Waals surface area contributed by atoms with Gasteiger partial charge in [0.25, 0.3) is 0 Å². The zero-order valence-corrected chi connectivity index (χ0v) is 10.1. The fourth-order valence-corrected chi connectivity index (χ4v) is 1.88. The van der Waals surface area contributed by atoms with Gasteiger partial charge < -0.3 is 4.42 Å². The molecule has 88 valence electrons. The van der Waals surface area contributed by atoms with Crippen LogP contribution in [0.4, 0.5) is 0 Å². The van der Waals surface area contributed by atoms with E-state index in [0.717, 1.165) is 11.3 Å². The molecule has 0 N–H and O–H groups in total. The number of halogens is 1. The van der Waals surface area contributed by atoms with E-state index in [0.29, 0.717) is 16.6 Å². The number of benzene rings is 1. The highest BCUT2D eigenvalue weighted by atomic mass is 35.5. The minimum Gasteiger partial charge on any atom is -0.444 e. The quantitative estimate of drug-likeness (QED) is 0.694. The zero-order valence-electron chi connectivity index (χ0n) is 9.38. The van der Waals surface area contributed by atoms with Crippen LogP contribution in [0.15, 0.2) is 59.3 Å². The maximum Gasteiger partial charge on any atom is 0.228 e. The Labute approximate surface area is 109 Å². The number of hydrogen-bond acceptors (Lipinski definition) is 3. The Balaban J connectivity index is 2.03. The molecule has 3 nitrogen and oxygen atoms in total. The van der Waals surface area contributed by atoms with Crippen molar-refractivity contribution in [1.29, 1.82) is 0 Å². The summed E-state index contributed by atoms with van der Waals surface area (Å²) in [5.74, 6) is 0.501. The molecule has 4 heteroatoms. The van der Waals surface area contributed by atoms with Crippen molar-refractivity contribution in [3.63, 3.8) is 0 Å². The fourth-order valence-electron chi connectivity index (χ4n) is 1.66. The lowest BCUT2D eigenvalue weighted by Gasteiger charge is -1.97. The number of rotatable bonds is 2. The van der Waals surface area contributed by atoms with Crippen LogP contribution >= 0.6 is 11.6 Å². The summed E-state index contributed by atoms with van der Waals surface area (Å²) in [7, 11) is 0. The van der Waals surface area contributed by atoms with Crippen LogP contribution in [-0.4, -0.2) is 9.97 Å². The molecule has 0 aliphatic heterocycles. The Kier molecular flexibility index (Phi) is 2.82. The van der Waals surface area contributed by atoms with Gasteiger partial charge in [-0.15, -0.1) is 0 Å². The lowest BCUT2D eigenvalue weighted by Crippen LogP contribution is -1.83. The second-order valence-electron chi connectivity index (χ2n) is 3.73. The highest BCUT2D eigenvalue weighted by Gasteiger charge is 2.11. The molecule has 0 atom stereocenters. The van der Waals surface area contributed by atoms with E-state index in [-0.39, 0.29) is 0 Å². The summed E-state index contributed by atoms with van der Waals surface area (Å²) in [4.78, 5) is 8.62. The summed E-state index contributed by atoms with van der Waals surface area (Å²) in [6.45, 7) is 0. The number of nitrogens with zero attached hydrogens (tertiary/aromatic N) is 2. The highest BCUT2D eigenvalue weighted by Crippen LogP contribution is 2.28. The second kappa shape index (κ2) is 4.63. The molecule has 0 radical (unpaired) electrons. The minimum absolute atomic E-state index is 0.501. The average Bonchev–Trinajstić information content (AvgIpc) is 2.90. The zero-order chi connectivity index (χ0) is 12.4. The predicted octanol–water partition coefficient (Wildman–Crippen LogP) is 4.06. The molecule has 18 heavy (non-hydrogen) atoms. The molecule has 0 bridgehead atoms. The first kappa shape index (κ1) is 11.0. The maximum atomic E-state index is 6.10. The minimum atomic E-state index is 0.501. The summed E-state index contributed by atoms with van der Waals surface area (Å²) >= 11 is 6.10. The van der Waals surface area contributed by atoms with E-state index in [4.69, 9.17) is 16.0 Å². The lowest BCUT2D eigenvalue weighted by molar-refractivity contribution is 0.575. The van der Waals surface area contributed by atoms with Crippen molar-refractivity contribution in [1.82, 2.24) is 9.97 Å². The summed E-state index contributed by atoms with van der Waals surface area (Å²) in [5, 5.41) is 0.618. The van der Waals surface area contributed by atoms with E-state index in [1.807, 2.05) is 42.5 Å². The molecule has 2 heterocycles. The fraction of sp³-hybridized carbons (Fsp3) is 0. The Bertz CT molecular complexity index is 664. The van der Waals surface area contributed by atoms with Crippen molar-refractivity contribution in [3.8, 4) is 22.8 Å². The molecule has 3 aromatic rings. The van der Waals surface area contributed by atoms with E-state index >= 15 is 0 Å². The van der Waals surface area contributed by atoms with E-state index in [2.05, 4.69) is 9.97 Å². The summed E-state index contributed by atoms with van der Waals surface area (Å²) < 4.78 is 5.45. The van der Waals surface area contributed by atoms with Crippen LogP contribution in [0.5, 0.6) is 0 Å². The van der Waals surface area contributed by atoms with Gasteiger partial charge in [-0.1, -0.05) is 29.8 Å². The molecule has 2 aromatic heterocycles. The average molecular weight is 257 g/mol. The molecule has 0 fully saturated rings. The Morgan fingerprint density at radius 3 is 2.56 bits per heavy atom. The molecular weight excluding hydrogens is 248 g/mol. The largest absolute Gasteiger partial charge is 0.444 e. The first-order valence-corrected chi connectivity index (χ1v) is 5.84. The molecular formula is C14H9ClN2O. The van der Waals surface area contributed by atoms with Gasteiger partial charge in [0, 0.05) is 6.20 Å². The molecule has 0 saturated carbocycles. The van der Waals surface area contributed by atoms with Gasteiger partial charge >= 0.3 is 0 Å². The van der Waals surface area contributed by atoms with Crippen LogP contribution in [0, 0.1) is 0 Å². The maximum absolute atomic E-state index is 6.10. The van der Waals surface area contributed by atoms with Crippen molar-refractivity contribution in [2.24, 2.45) is 0 Å². The Morgan fingerprint density at radius 2 is 1.78 bits per heavy atom. The predicted molar refractivity (Wildman–Crippen MR) is 70.2 cm³/mol. The lowest BCUT2D eigenvalue weighted by atomic mass is 10.2. The molecule has 1 aromatic carbocycles. The molecule has 0 aliphatic carbocycles. The van der Waals surface area contributed by atoms with Crippen molar-refractivity contribution < 1.29 is 4.42 Å². The van der Waals surface area contributed by atoms with Gasteiger partial charge in [-0.2, -0.15) is 0 Å². The van der Waals surface area contributed by atoms with Crippen LogP contribution in [0.1, 0.15) is 0 Å². The number of hydrogen-bond donors (Lipinski definition) is 0. The van der Waals surface area contributed by atoms with Crippen LogP contribution in [0.3, 0.4) is 0 Å². The molecule has 0 unspecified atom stereocenters. The Hall–Kier alpha value is -2.13. The van der Waals surface area contributed by atoms with Gasteiger partial charge in [-0.25, -0.2) is 4.98 Å². The normalized spacial score (nSPS) is 10.5. The standard InChI is InChI=1S/C14H9ClN2O/c15-11-6-2-1-5-10(11)14-17-13(9-18-14)12-7-3-4-8-16-12/h1-9H. The first-order valence-electron chi connectivity index (χ1n) is 5.46. The van der Waals surface area contributed by atoms with Crippen LogP contribution < -0.4 is 0 Å². The van der Waals surface area contributed by atoms with Gasteiger partial charge in [0.15, 0.2) is 0 Å². The van der Waals surface area contributed by atoms with E-state index in [1.165, 1.54) is 0 Å². The van der Waals surface area contributed by atoms with Crippen molar-refractivity contribution >= 4 is 11.6 Å². The summed E-state index contributed by atoms with van der Waals surface area (Å²) in [6.07, 6.45) is 3.31. The molecule has 0 saturated heterocycles. The highest BCUT2D eigenvalue weighted by molar-refractivity contribution is 6.33. The third-order valence-corrected chi connectivity index (χ3v) is 2.87. The Morgan fingerprint density at radius 1 is 0.944 bits per heavy atom. The summed E-state index contributed by atoms with van der Waals surface area (Å²) in [6, 6.07) is 13.1. The van der Waals surface area contributed by atoms with E-state index in [9.17, 15) is 0 Å². The number of pyridine rings is 1. The SMILES string of the molecule is Clc1ccccc1-c1nc(-c2ccccn2)co1. The van der Waals surface area contributed by atoms with Gasteiger partial charge in [-0.05, 0) is 24.3 Å². The van der Waals surface area contributed by atoms with Crippen LogP contribution in [-0.2, 0) is 0 Å². The summed E-state index contributed by atoms with van der Waals surface area (Å²) in [5.41, 5.74) is 2.26. The molecule has 0 aliphatic rings. The number of aromatic nitrogens is 2. The van der Waals surface area contributed by atoms with Gasteiger partial charge in [0.2, 0.25) is 5.89 Å². The second-order valence-corrected chi connectivity index (χ2v) is 4.14. The third-order valence-electron chi connectivity index (χ3n) is 2.54.